The molecule has 2 N–H and O–H groups in total. The van der Waals surface area contributed by atoms with E-state index >= 15 is 0 Å². The van der Waals surface area contributed by atoms with E-state index in [1.54, 1.807) is 20.1 Å². The Morgan fingerprint density at radius 2 is 2.20 bits per heavy atom. The molecule has 0 aromatic rings. The molecule has 0 radical (unpaired) electrons. The van der Waals surface area contributed by atoms with E-state index in [2.05, 4.69) is 9.99 Å². The summed E-state index contributed by atoms with van der Waals surface area (Å²) in [6.07, 6.45) is 0.820. The van der Waals surface area contributed by atoms with Gasteiger partial charge in [-0.25, -0.2) is 4.79 Å². The van der Waals surface area contributed by atoms with Crippen LogP contribution < -0.4 is 5.73 Å². The van der Waals surface area contributed by atoms with Gasteiger partial charge >= 0.3 is 6.09 Å². The number of nitrogens with two attached hydrogens (primary N) is 1. The molecule has 0 fully saturated rings. The number of alkyl halides is 1. The Morgan fingerprint density at radius 1 is 1.67 bits per heavy atom. The zero-order valence-corrected chi connectivity index (χ0v) is 10.2. The quantitative estimate of drug-likeness (QED) is 0.353. The molecule has 1 amide bonds. The fourth-order valence-electron chi connectivity index (χ4n) is 0.833. The molecular formula is C9H17FN2O2S. The van der Waals surface area contributed by atoms with Crippen LogP contribution in [0, 0.1) is 11.3 Å². The third-order valence-electron chi connectivity index (χ3n) is 2.32. The number of amides is 1. The van der Waals surface area contributed by atoms with Gasteiger partial charge in [0, 0.05) is 11.3 Å². The van der Waals surface area contributed by atoms with Crippen LogP contribution in [-0.2, 0) is 4.84 Å². The van der Waals surface area contributed by atoms with Gasteiger partial charge in [0.2, 0.25) is 0 Å². The van der Waals surface area contributed by atoms with Crippen molar-refractivity contribution in [1.82, 2.24) is 0 Å². The summed E-state index contributed by atoms with van der Waals surface area (Å²) >= 11 is 1.31. The molecule has 0 saturated heterocycles. The van der Waals surface area contributed by atoms with Crippen molar-refractivity contribution in [3.8, 4) is 0 Å². The van der Waals surface area contributed by atoms with E-state index in [1.165, 1.54) is 11.8 Å². The predicted molar refractivity (Wildman–Crippen MR) is 60.5 cm³/mol. The highest BCUT2D eigenvalue weighted by Gasteiger charge is 2.30. The highest BCUT2D eigenvalue weighted by molar-refractivity contribution is 8.13. The standard InChI is InChI=1S/C9H17FN2O2S/c1-6(9(2,3)5-10)7(15-4)12-14-8(11)13/h6H,5H2,1-4H3,(H2,11,13). The van der Waals surface area contributed by atoms with E-state index in [-0.39, 0.29) is 5.92 Å². The molecule has 0 rings (SSSR count). The van der Waals surface area contributed by atoms with Crippen LogP contribution in [-0.4, -0.2) is 24.1 Å². The molecule has 0 aromatic heterocycles. The van der Waals surface area contributed by atoms with Crippen LogP contribution in [0.4, 0.5) is 9.18 Å². The summed E-state index contributed by atoms with van der Waals surface area (Å²) in [4.78, 5) is 14.7. The lowest BCUT2D eigenvalue weighted by atomic mass is 9.82. The molecule has 0 aromatic carbocycles. The summed E-state index contributed by atoms with van der Waals surface area (Å²) in [5, 5.41) is 4.15. The Morgan fingerprint density at radius 3 is 2.53 bits per heavy atom. The maximum Gasteiger partial charge on any atom is 0.430 e. The average molecular weight is 236 g/mol. The lowest BCUT2D eigenvalue weighted by Crippen LogP contribution is -2.29. The fourth-order valence-corrected chi connectivity index (χ4v) is 1.62. The van der Waals surface area contributed by atoms with Crippen LogP contribution >= 0.6 is 11.8 Å². The number of nitrogens with zero attached hydrogens (tertiary/aromatic N) is 1. The van der Waals surface area contributed by atoms with Gasteiger partial charge in [-0.3, -0.25) is 9.23 Å². The molecule has 0 saturated carbocycles. The van der Waals surface area contributed by atoms with Gasteiger partial charge in [0.1, 0.15) is 5.04 Å². The van der Waals surface area contributed by atoms with Crippen LogP contribution in [0.3, 0.4) is 0 Å². The highest BCUT2D eigenvalue weighted by atomic mass is 32.2. The predicted octanol–water partition coefficient (Wildman–Crippen LogP) is 2.39. The number of primary amides is 1. The summed E-state index contributed by atoms with van der Waals surface area (Å²) in [7, 11) is 0. The Hall–Kier alpha value is -0.780. The smallest absolute Gasteiger partial charge is 0.333 e. The maximum atomic E-state index is 12.7. The number of rotatable bonds is 4. The van der Waals surface area contributed by atoms with Gasteiger partial charge in [0.05, 0.1) is 6.67 Å². The second kappa shape index (κ2) is 5.95. The van der Waals surface area contributed by atoms with Crippen molar-refractivity contribution in [2.45, 2.75) is 20.8 Å². The molecule has 0 spiro atoms. The largest absolute Gasteiger partial charge is 0.430 e. The van der Waals surface area contributed by atoms with Gasteiger partial charge in [0.25, 0.3) is 0 Å². The molecule has 0 heterocycles. The Labute approximate surface area is 93.4 Å². The summed E-state index contributed by atoms with van der Waals surface area (Å²) in [6.45, 7) is 4.94. The normalized spacial score (nSPS) is 14.9. The number of thioether (sulfide) groups is 1. The maximum absolute atomic E-state index is 12.7. The zero-order valence-electron chi connectivity index (χ0n) is 9.41. The van der Waals surface area contributed by atoms with Crippen LogP contribution in [0.15, 0.2) is 5.16 Å². The summed E-state index contributed by atoms with van der Waals surface area (Å²) < 4.78 is 12.7. The first-order valence-electron chi connectivity index (χ1n) is 4.49. The van der Waals surface area contributed by atoms with E-state index in [4.69, 9.17) is 5.73 Å². The van der Waals surface area contributed by atoms with E-state index < -0.39 is 18.2 Å². The Kier molecular flexibility index (Phi) is 5.64. The average Bonchev–Trinajstić information content (AvgIpc) is 2.18. The molecule has 0 aliphatic rings. The molecule has 1 unspecified atom stereocenters. The van der Waals surface area contributed by atoms with Crippen LogP contribution in [0.25, 0.3) is 0 Å². The van der Waals surface area contributed by atoms with Crippen molar-refractivity contribution in [2.24, 2.45) is 22.2 Å². The van der Waals surface area contributed by atoms with Gasteiger partial charge < -0.3 is 5.73 Å². The van der Waals surface area contributed by atoms with E-state index in [9.17, 15) is 9.18 Å². The first kappa shape index (κ1) is 14.2. The summed E-state index contributed by atoms with van der Waals surface area (Å²) in [6, 6.07) is 0. The van der Waals surface area contributed by atoms with Crippen molar-refractivity contribution < 1.29 is 14.0 Å². The van der Waals surface area contributed by atoms with Gasteiger partial charge in [-0.15, -0.1) is 11.8 Å². The number of oxime groups is 1. The monoisotopic (exact) mass is 236 g/mol. The third-order valence-corrected chi connectivity index (χ3v) is 3.17. The first-order valence-corrected chi connectivity index (χ1v) is 5.72. The molecule has 1 atom stereocenters. The number of carbonyl (C=O) groups excluding carboxylic acids is 1. The zero-order chi connectivity index (χ0) is 12.1. The minimum absolute atomic E-state index is 0.142. The first-order chi connectivity index (χ1) is 6.85. The van der Waals surface area contributed by atoms with E-state index in [0.29, 0.717) is 5.04 Å². The van der Waals surface area contributed by atoms with Crippen molar-refractivity contribution in [2.75, 3.05) is 12.9 Å². The molecule has 4 nitrogen and oxygen atoms in total. The number of carbonyl (C=O) groups is 1. The van der Waals surface area contributed by atoms with Crippen molar-refractivity contribution in [3.05, 3.63) is 0 Å². The second-order valence-electron chi connectivity index (χ2n) is 3.89. The lowest BCUT2D eigenvalue weighted by Gasteiger charge is -2.28. The van der Waals surface area contributed by atoms with E-state index in [0.717, 1.165) is 0 Å². The molecule has 88 valence electrons. The van der Waals surface area contributed by atoms with Crippen LogP contribution in [0.5, 0.6) is 0 Å². The highest BCUT2D eigenvalue weighted by Crippen LogP contribution is 2.31. The van der Waals surface area contributed by atoms with E-state index in [1.807, 2.05) is 6.92 Å². The fraction of sp³-hybridized carbons (Fsp3) is 0.778. The lowest BCUT2D eigenvalue weighted by molar-refractivity contribution is 0.158. The van der Waals surface area contributed by atoms with Gasteiger partial charge in [-0.05, 0) is 6.26 Å². The topological polar surface area (TPSA) is 64.7 Å². The minimum atomic E-state index is -0.966. The second-order valence-corrected chi connectivity index (χ2v) is 4.71. The van der Waals surface area contributed by atoms with Crippen LogP contribution in [0.1, 0.15) is 20.8 Å². The number of hydrogen-bond donors (Lipinski definition) is 1. The van der Waals surface area contributed by atoms with Gasteiger partial charge in [0.15, 0.2) is 0 Å². The van der Waals surface area contributed by atoms with Crippen molar-refractivity contribution in [3.63, 3.8) is 0 Å². The summed E-state index contributed by atoms with van der Waals surface area (Å²) in [5.41, 5.74) is 4.25. The molecular weight excluding hydrogens is 219 g/mol. The minimum Gasteiger partial charge on any atom is -0.333 e. The number of hydrogen-bond acceptors (Lipinski definition) is 4. The van der Waals surface area contributed by atoms with Crippen molar-refractivity contribution >= 4 is 22.9 Å². The summed E-state index contributed by atoms with van der Waals surface area (Å²) in [5.74, 6) is -0.142. The molecule has 15 heavy (non-hydrogen) atoms. The SMILES string of the molecule is CSC(=NOC(N)=O)C(C)C(C)(C)CF. The molecule has 0 aliphatic heterocycles. The van der Waals surface area contributed by atoms with Gasteiger partial charge in [-0.1, -0.05) is 25.9 Å². The Balaban J connectivity index is 4.67. The van der Waals surface area contributed by atoms with Crippen LogP contribution in [0.2, 0.25) is 0 Å². The van der Waals surface area contributed by atoms with Crippen molar-refractivity contribution in [1.29, 1.82) is 0 Å². The number of halogens is 1. The molecule has 0 bridgehead atoms. The van der Waals surface area contributed by atoms with Gasteiger partial charge in [-0.2, -0.15) is 0 Å². The molecule has 6 heteroatoms. The third kappa shape index (κ3) is 4.51. The molecule has 0 aliphatic carbocycles. The Bertz CT molecular complexity index is 256.